The molecule has 0 unspecified atom stereocenters. The minimum Gasteiger partial charge on any atom is -0.369 e. The normalized spacial score (nSPS) is 18.9. The maximum Gasteiger partial charge on any atom is 0.153 e. The van der Waals surface area contributed by atoms with Crippen molar-refractivity contribution in [3.8, 4) is 0 Å². The zero-order valence-corrected chi connectivity index (χ0v) is 12.7. The largest absolute Gasteiger partial charge is 0.369 e. The van der Waals surface area contributed by atoms with E-state index in [4.69, 9.17) is 0 Å². The van der Waals surface area contributed by atoms with Crippen molar-refractivity contribution in [1.82, 2.24) is 5.32 Å². The Morgan fingerprint density at radius 1 is 1.33 bits per heavy atom. The number of hydrogen-bond donors (Lipinski definition) is 1. The van der Waals surface area contributed by atoms with Crippen LogP contribution in [0.15, 0.2) is 22.7 Å². The molecule has 0 radical (unpaired) electrons. The van der Waals surface area contributed by atoms with Crippen LogP contribution in [-0.4, -0.2) is 40.1 Å². The fraction of sp³-hybridized carbons (Fsp3) is 0.500. The van der Waals surface area contributed by atoms with Gasteiger partial charge >= 0.3 is 0 Å². The molecule has 0 atom stereocenters. The summed E-state index contributed by atoms with van der Waals surface area (Å²) in [6, 6.07) is 6.13. The number of anilines is 1. The van der Waals surface area contributed by atoms with Gasteiger partial charge in [0.2, 0.25) is 0 Å². The van der Waals surface area contributed by atoms with E-state index in [1.165, 1.54) is 5.56 Å². The molecule has 1 heterocycles. The number of nitrogens with one attached hydrogen (secondary N) is 1. The van der Waals surface area contributed by atoms with E-state index in [2.05, 4.69) is 38.3 Å². The van der Waals surface area contributed by atoms with Crippen LogP contribution in [0.1, 0.15) is 5.56 Å². The Bertz CT molecular complexity index is 517. The Labute approximate surface area is 116 Å². The Hall–Kier alpha value is -0.590. The zero-order chi connectivity index (χ0) is 13.2. The first-order valence-electron chi connectivity index (χ1n) is 5.90. The van der Waals surface area contributed by atoms with Crippen LogP contribution in [0.2, 0.25) is 0 Å². The summed E-state index contributed by atoms with van der Waals surface area (Å²) in [5.41, 5.74) is 2.31. The molecule has 0 amide bonds. The molecule has 0 aromatic heterocycles. The molecule has 4 nitrogen and oxygen atoms in total. The summed E-state index contributed by atoms with van der Waals surface area (Å²) >= 11 is 3.47. The van der Waals surface area contributed by atoms with Crippen molar-refractivity contribution in [3.63, 3.8) is 0 Å². The second kappa shape index (κ2) is 5.59. The van der Waals surface area contributed by atoms with Crippen molar-refractivity contribution in [2.45, 2.75) is 6.54 Å². The van der Waals surface area contributed by atoms with E-state index in [-0.39, 0.29) is 11.5 Å². The number of benzene rings is 1. The van der Waals surface area contributed by atoms with Crippen molar-refractivity contribution in [2.24, 2.45) is 0 Å². The van der Waals surface area contributed by atoms with Crippen LogP contribution in [0.3, 0.4) is 0 Å². The van der Waals surface area contributed by atoms with Gasteiger partial charge in [-0.15, -0.1) is 0 Å². The molecule has 1 aromatic rings. The number of nitrogens with zero attached hydrogens (tertiary/aromatic N) is 1. The average molecular weight is 333 g/mol. The molecule has 1 aliphatic heterocycles. The van der Waals surface area contributed by atoms with Gasteiger partial charge in [0.25, 0.3) is 0 Å². The molecule has 1 fully saturated rings. The minimum atomic E-state index is -2.82. The van der Waals surface area contributed by atoms with Gasteiger partial charge in [0.1, 0.15) is 0 Å². The first kappa shape index (κ1) is 13.8. The summed E-state index contributed by atoms with van der Waals surface area (Å²) in [5, 5.41) is 3.14. The van der Waals surface area contributed by atoms with E-state index < -0.39 is 9.84 Å². The molecule has 6 heteroatoms. The van der Waals surface area contributed by atoms with Crippen molar-refractivity contribution >= 4 is 31.5 Å². The third-order valence-electron chi connectivity index (χ3n) is 3.09. The predicted molar refractivity (Wildman–Crippen MR) is 77.8 cm³/mol. The Balaban J connectivity index is 2.23. The number of hydrogen-bond acceptors (Lipinski definition) is 4. The van der Waals surface area contributed by atoms with Gasteiger partial charge < -0.3 is 10.2 Å². The molecule has 1 N–H and O–H groups in total. The summed E-state index contributed by atoms with van der Waals surface area (Å²) in [5.74, 6) is 0.504. The van der Waals surface area contributed by atoms with Crippen molar-refractivity contribution < 1.29 is 8.42 Å². The number of sulfone groups is 1. The number of rotatable bonds is 3. The SMILES string of the molecule is CNCc1cc(Br)ccc1N1CCS(=O)(=O)CC1. The summed E-state index contributed by atoms with van der Waals surface area (Å²) in [4.78, 5) is 2.15. The van der Waals surface area contributed by atoms with Gasteiger partial charge in [-0.3, -0.25) is 0 Å². The summed E-state index contributed by atoms with van der Waals surface area (Å²) in [6.45, 7) is 1.94. The van der Waals surface area contributed by atoms with Crippen molar-refractivity contribution in [3.05, 3.63) is 28.2 Å². The van der Waals surface area contributed by atoms with Crippen LogP contribution in [0.5, 0.6) is 0 Å². The fourth-order valence-electron chi connectivity index (χ4n) is 2.15. The van der Waals surface area contributed by atoms with Crippen LogP contribution in [0.4, 0.5) is 5.69 Å². The van der Waals surface area contributed by atoms with Gasteiger partial charge in [-0.2, -0.15) is 0 Å². The van der Waals surface area contributed by atoms with E-state index in [1.807, 2.05) is 13.1 Å². The lowest BCUT2D eigenvalue weighted by atomic mass is 10.1. The smallest absolute Gasteiger partial charge is 0.153 e. The van der Waals surface area contributed by atoms with Gasteiger partial charge in [-0.25, -0.2) is 8.42 Å². The lowest BCUT2D eigenvalue weighted by Crippen LogP contribution is -2.40. The summed E-state index contributed by atoms with van der Waals surface area (Å²) < 4.78 is 23.9. The highest BCUT2D eigenvalue weighted by molar-refractivity contribution is 9.10. The van der Waals surface area contributed by atoms with Crippen LogP contribution in [-0.2, 0) is 16.4 Å². The highest BCUT2D eigenvalue weighted by Crippen LogP contribution is 2.26. The Morgan fingerprint density at radius 3 is 2.61 bits per heavy atom. The third-order valence-corrected chi connectivity index (χ3v) is 5.20. The fourth-order valence-corrected chi connectivity index (χ4v) is 3.76. The standard InChI is InChI=1S/C12H17BrN2O2S/c1-14-9-10-8-11(13)2-3-12(10)15-4-6-18(16,17)7-5-15/h2-3,8,14H,4-7,9H2,1H3. The minimum absolute atomic E-state index is 0.252. The lowest BCUT2D eigenvalue weighted by molar-refractivity contribution is 0.586. The molecule has 0 aliphatic carbocycles. The molecular weight excluding hydrogens is 316 g/mol. The van der Waals surface area contributed by atoms with Crippen LogP contribution in [0, 0.1) is 0 Å². The van der Waals surface area contributed by atoms with Gasteiger partial charge in [0.05, 0.1) is 11.5 Å². The van der Waals surface area contributed by atoms with Gasteiger partial charge in [0.15, 0.2) is 9.84 Å². The average Bonchev–Trinajstić information content (AvgIpc) is 2.31. The maximum absolute atomic E-state index is 11.4. The number of halogens is 1. The molecule has 0 saturated carbocycles. The molecule has 1 aliphatic rings. The van der Waals surface area contributed by atoms with E-state index in [9.17, 15) is 8.42 Å². The zero-order valence-electron chi connectivity index (χ0n) is 10.3. The first-order chi connectivity index (χ1) is 8.52. The van der Waals surface area contributed by atoms with Crippen LogP contribution in [0.25, 0.3) is 0 Å². The molecular formula is C12H17BrN2O2S. The quantitative estimate of drug-likeness (QED) is 0.909. The van der Waals surface area contributed by atoms with E-state index in [0.717, 1.165) is 16.7 Å². The monoisotopic (exact) mass is 332 g/mol. The second-order valence-corrected chi connectivity index (χ2v) is 7.66. The van der Waals surface area contributed by atoms with E-state index in [1.54, 1.807) is 0 Å². The molecule has 0 bridgehead atoms. The van der Waals surface area contributed by atoms with Crippen molar-refractivity contribution in [1.29, 1.82) is 0 Å². The van der Waals surface area contributed by atoms with E-state index in [0.29, 0.717) is 13.1 Å². The van der Waals surface area contributed by atoms with Crippen LogP contribution < -0.4 is 10.2 Å². The summed E-state index contributed by atoms with van der Waals surface area (Å²) in [6.07, 6.45) is 0. The summed E-state index contributed by atoms with van der Waals surface area (Å²) in [7, 11) is -0.915. The molecule has 1 saturated heterocycles. The highest BCUT2D eigenvalue weighted by atomic mass is 79.9. The van der Waals surface area contributed by atoms with Crippen LogP contribution >= 0.6 is 15.9 Å². The molecule has 18 heavy (non-hydrogen) atoms. The second-order valence-electron chi connectivity index (χ2n) is 4.44. The predicted octanol–water partition coefficient (Wildman–Crippen LogP) is 1.40. The Kier molecular flexibility index (Phi) is 4.29. The maximum atomic E-state index is 11.4. The Morgan fingerprint density at radius 2 is 2.00 bits per heavy atom. The molecule has 1 aromatic carbocycles. The molecule has 100 valence electrons. The highest BCUT2D eigenvalue weighted by Gasteiger charge is 2.23. The van der Waals surface area contributed by atoms with Gasteiger partial charge in [-0.1, -0.05) is 15.9 Å². The topological polar surface area (TPSA) is 49.4 Å². The molecule has 2 rings (SSSR count). The van der Waals surface area contributed by atoms with E-state index >= 15 is 0 Å². The van der Waals surface area contributed by atoms with Gasteiger partial charge in [0, 0.05) is 29.8 Å². The van der Waals surface area contributed by atoms with Gasteiger partial charge in [-0.05, 0) is 30.8 Å². The molecule has 0 spiro atoms. The third kappa shape index (κ3) is 3.24. The van der Waals surface area contributed by atoms with Crippen molar-refractivity contribution in [2.75, 3.05) is 36.5 Å². The first-order valence-corrected chi connectivity index (χ1v) is 8.52. The lowest BCUT2D eigenvalue weighted by Gasteiger charge is -2.30.